The first kappa shape index (κ1) is 14.4. The average Bonchev–Trinajstić information content (AvgIpc) is 3.05. The maximum absolute atomic E-state index is 10.3. The van der Waals surface area contributed by atoms with E-state index in [1.54, 1.807) is 12.1 Å². The van der Waals surface area contributed by atoms with Gasteiger partial charge in [0.2, 0.25) is 0 Å². The zero-order valence-electron chi connectivity index (χ0n) is 12.6. The molecule has 0 bridgehead atoms. The largest absolute Gasteiger partial charge is 0.507 e. The van der Waals surface area contributed by atoms with E-state index in [1.165, 1.54) is 11.3 Å². The fourth-order valence-corrected chi connectivity index (χ4v) is 3.64. The molecule has 0 saturated carbocycles. The van der Waals surface area contributed by atoms with Crippen molar-refractivity contribution in [1.29, 1.82) is 5.26 Å². The molecule has 0 aliphatic carbocycles. The normalized spacial score (nSPS) is 11.7. The minimum Gasteiger partial charge on any atom is -0.507 e. The Labute approximate surface area is 142 Å². The van der Waals surface area contributed by atoms with Crippen LogP contribution in [0.4, 0.5) is 0 Å². The molecule has 4 heteroatoms. The lowest BCUT2D eigenvalue weighted by atomic mass is 10.0. The van der Waals surface area contributed by atoms with Crippen LogP contribution in [0.1, 0.15) is 10.6 Å². The number of aromatic nitrogens is 1. The molecule has 114 valence electrons. The summed E-state index contributed by atoms with van der Waals surface area (Å²) in [4.78, 5) is 4.54. The summed E-state index contributed by atoms with van der Waals surface area (Å²) in [6.45, 7) is 0. The first-order valence-electron chi connectivity index (χ1n) is 7.45. The molecule has 0 saturated heterocycles. The van der Waals surface area contributed by atoms with Gasteiger partial charge in [-0.3, -0.25) is 0 Å². The zero-order valence-corrected chi connectivity index (χ0v) is 13.4. The van der Waals surface area contributed by atoms with E-state index >= 15 is 0 Å². The molecule has 0 aliphatic heterocycles. The molecule has 0 amide bonds. The molecule has 1 aromatic heterocycles. The maximum Gasteiger partial charge on any atom is 0.135 e. The van der Waals surface area contributed by atoms with E-state index in [4.69, 9.17) is 0 Å². The molecular formula is C20H12N2OS. The summed E-state index contributed by atoms with van der Waals surface area (Å²) >= 11 is 1.48. The molecule has 0 radical (unpaired) electrons. The SMILES string of the molecule is N#CC(=Cc1c(O)ccc2ccccc12)c1nc2ccccc2s1. The lowest BCUT2D eigenvalue weighted by Gasteiger charge is -2.05. The van der Waals surface area contributed by atoms with Crippen molar-refractivity contribution in [3.63, 3.8) is 0 Å². The second-order valence-corrected chi connectivity index (χ2v) is 6.41. The summed E-state index contributed by atoms with van der Waals surface area (Å²) in [7, 11) is 0. The molecule has 4 aromatic rings. The van der Waals surface area contributed by atoms with Crippen LogP contribution in [-0.2, 0) is 0 Å². The van der Waals surface area contributed by atoms with Crippen LogP contribution in [0, 0.1) is 11.3 Å². The van der Waals surface area contributed by atoms with E-state index in [0.717, 1.165) is 21.0 Å². The third kappa shape index (κ3) is 2.41. The van der Waals surface area contributed by atoms with E-state index in [-0.39, 0.29) is 5.75 Å². The Morgan fingerprint density at radius 3 is 2.67 bits per heavy atom. The molecule has 0 unspecified atom stereocenters. The highest BCUT2D eigenvalue weighted by Crippen LogP contribution is 2.33. The van der Waals surface area contributed by atoms with Crippen LogP contribution in [0.3, 0.4) is 0 Å². The molecule has 0 atom stereocenters. The highest BCUT2D eigenvalue weighted by molar-refractivity contribution is 7.19. The van der Waals surface area contributed by atoms with Crippen LogP contribution in [-0.4, -0.2) is 10.1 Å². The molecule has 24 heavy (non-hydrogen) atoms. The van der Waals surface area contributed by atoms with Crippen molar-refractivity contribution in [1.82, 2.24) is 4.98 Å². The minimum absolute atomic E-state index is 0.155. The summed E-state index contributed by atoms with van der Waals surface area (Å²) in [5.74, 6) is 0.155. The molecular weight excluding hydrogens is 316 g/mol. The van der Waals surface area contributed by atoms with Crippen molar-refractivity contribution in [2.75, 3.05) is 0 Å². The Bertz CT molecular complexity index is 1100. The molecule has 4 rings (SSSR count). The number of hydrogen-bond donors (Lipinski definition) is 1. The standard InChI is InChI=1S/C20H12N2OS/c21-12-14(20-22-17-7-3-4-8-19(17)24-20)11-16-15-6-2-1-5-13(15)9-10-18(16)23/h1-11,23H. The number of thiazole rings is 1. The number of phenols is 1. The summed E-state index contributed by atoms with van der Waals surface area (Å²) in [5, 5.41) is 22.4. The Kier molecular flexibility index (Phi) is 3.49. The van der Waals surface area contributed by atoms with Crippen molar-refractivity contribution >= 4 is 44.0 Å². The summed E-state index contributed by atoms with van der Waals surface area (Å²) < 4.78 is 1.04. The Morgan fingerprint density at radius 1 is 1.04 bits per heavy atom. The summed E-state index contributed by atoms with van der Waals surface area (Å²) in [6.07, 6.45) is 1.72. The number of hydrogen-bond acceptors (Lipinski definition) is 4. The van der Waals surface area contributed by atoms with Gasteiger partial charge in [-0.25, -0.2) is 4.98 Å². The third-order valence-electron chi connectivity index (χ3n) is 3.88. The number of nitriles is 1. The van der Waals surface area contributed by atoms with Gasteiger partial charge in [0.05, 0.1) is 15.8 Å². The number of aromatic hydroxyl groups is 1. The lowest BCUT2D eigenvalue weighted by molar-refractivity contribution is 0.475. The number of allylic oxidation sites excluding steroid dienone is 1. The summed E-state index contributed by atoms with van der Waals surface area (Å²) in [5.41, 5.74) is 1.97. The second-order valence-electron chi connectivity index (χ2n) is 5.38. The fraction of sp³-hybridized carbons (Fsp3) is 0. The van der Waals surface area contributed by atoms with Gasteiger partial charge in [0.1, 0.15) is 16.8 Å². The van der Waals surface area contributed by atoms with Gasteiger partial charge in [0.25, 0.3) is 0 Å². The van der Waals surface area contributed by atoms with Crippen molar-refractivity contribution < 1.29 is 5.11 Å². The van der Waals surface area contributed by atoms with E-state index < -0.39 is 0 Å². The number of phenolic OH excluding ortho intramolecular Hbond substituents is 1. The van der Waals surface area contributed by atoms with Gasteiger partial charge >= 0.3 is 0 Å². The van der Waals surface area contributed by atoms with Gasteiger partial charge in [-0.05, 0) is 35.0 Å². The van der Waals surface area contributed by atoms with E-state index in [9.17, 15) is 10.4 Å². The third-order valence-corrected chi connectivity index (χ3v) is 4.95. The summed E-state index contributed by atoms with van der Waals surface area (Å²) in [6, 6.07) is 21.3. The van der Waals surface area contributed by atoms with E-state index in [1.807, 2.05) is 54.6 Å². The molecule has 0 aliphatic rings. The zero-order chi connectivity index (χ0) is 16.5. The molecule has 3 aromatic carbocycles. The number of rotatable bonds is 2. The highest BCUT2D eigenvalue weighted by Gasteiger charge is 2.11. The van der Waals surface area contributed by atoms with Crippen LogP contribution in [0.2, 0.25) is 0 Å². The predicted octanol–water partition coefficient (Wildman–Crippen LogP) is 5.22. The average molecular weight is 328 g/mol. The van der Waals surface area contributed by atoms with Crippen LogP contribution < -0.4 is 0 Å². The van der Waals surface area contributed by atoms with Crippen LogP contribution in [0.5, 0.6) is 5.75 Å². The monoisotopic (exact) mass is 328 g/mol. The van der Waals surface area contributed by atoms with Crippen molar-refractivity contribution in [2.24, 2.45) is 0 Å². The smallest absolute Gasteiger partial charge is 0.135 e. The van der Waals surface area contributed by atoms with E-state index in [0.29, 0.717) is 16.1 Å². The number of para-hydroxylation sites is 1. The van der Waals surface area contributed by atoms with Crippen LogP contribution in [0.25, 0.3) is 32.6 Å². The number of nitrogens with zero attached hydrogens (tertiary/aromatic N) is 2. The van der Waals surface area contributed by atoms with Crippen LogP contribution in [0.15, 0.2) is 60.7 Å². The quantitative estimate of drug-likeness (QED) is 0.513. The Morgan fingerprint density at radius 2 is 1.83 bits per heavy atom. The molecule has 1 N–H and O–H groups in total. The van der Waals surface area contributed by atoms with Crippen molar-refractivity contribution in [3.8, 4) is 11.8 Å². The van der Waals surface area contributed by atoms with Gasteiger partial charge in [0, 0.05) is 5.56 Å². The van der Waals surface area contributed by atoms with Crippen molar-refractivity contribution in [2.45, 2.75) is 0 Å². The molecule has 3 nitrogen and oxygen atoms in total. The lowest BCUT2D eigenvalue weighted by Crippen LogP contribution is -1.84. The molecule has 0 spiro atoms. The fourth-order valence-electron chi connectivity index (χ4n) is 2.71. The topological polar surface area (TPSA) is 56.9 Å². The van der Waals surface area contributed by atoms with Gasteiger partial charge in [-0.15, -0.1) is 11.3 Å². The maximum atomic E-state index is 10.3. The van der Waals surface area contributed by atoms with E-state index in [2.05, 4.69) is 11.1 Å². The van der Waals surface area contributed by atoms with Gasteiger partial charge in [-0.1, -0.05) is 42.5 Å². The van der Waals surface area contributed by atoms with Gasteiger partial charge in [-0.2, -0.15) is 5.26 Å². The molecule has 1 heterocycles. The number of benzene rings is 3. The Hall–Kier alpha value is -3.16. The predicted molar refractivity (Wildman–Crippen MR) is 98.7 cm³/mol. The first-order valence-corrected chi connectivity index (χ1v) is 8.26. The van der Waals surface area contributed by atoms with Crippen molar-refractivity contribution in [3.05, 3.63) is 71.2 Å². The van der Waals surface area contributed by atoms with Gasteiger partial charge < -0.3 is 5.11 Å². The Balaban J connectivity index is 1.93. The second kappa shape index (κ2) is 5.80. The highest BCUT2D eigenvalue weighted by atomic mass is 32.1. The first-order chi connectivity index (χ1) is 11.8. The van der Waals surface area contributed by atoms with Gasteiger partial charge in [0.15, 0.2) is 0 Å². The number of fused-ring (bicyclic) bond motifs is 2. The molecule has 0 fully saturated rings. The van der Waals surface area contributed by atoms with Crippen LogP contribution >= 0.6 is 11.3 Å². The minimum atomic E-state index is 0.155.